The molecule has 88 valence electrons. The molecule has 0 radical (unpaired) electrons. The number of hydrogen-bond acceptors (Lipinski definition) is 4. The molecular formula is C8H12Cl2O4Se. The third-order valence-electron chi connectivity index (χ3n) is 1.42. The van der Waals surface area contributed by atoms with E-state index in [-0.39, 0.29) is 36.5 Å². The van der Waals surface area contributed by atoms with Crippen molar-refractivity contribution >= 4 is 38.2 Å². The first-order chi connectivity index (χ1) is 7.10. The standard InChI is InChI=1S/C8H12Cl2O4Se/c9-5(1-11)7(3-13)15-8(4-14)6(10)2-12/h11-14H,1-4H2/b7-5+,8-6+. The van der Waals surface area contributed by atoms with E-state index in [2.05, 4.69) is 0 Å². The molecule has 4 N–H and O–H groups in total. The molecule has 0 aromatic heterocycles. The van der Waals surface area contributed by atoms with Crippen molar-refractivity contribution < 1.29 is 20.4 Å². The topological polar surface area (TPSA) is 80.9 Å². The summed E-state index contributed by atoms with van der Waals surface area (Å²) in [7, 11) is 0. The Morgan fingerprint density at radius 3 is 1.27 bits per heavy atom. The van der Waals surface area contributed by atoms with Crippen LogP contribution >= 0.6 is 23.2 Å². The molecule has 0 rings (SSSR count). The zero-order valence-corrected chi connectivity index (χ0v) is 11.0. The summed E-state index contributed by atoms with van der Waals surface area (Å²) in [6, 6.07) is 0. The second kappa shape index (κ2) is 8.56. The van der Waals surface area contributed by atoms with E-state index < -0.39 is 15.0 Å². The van der Waals surface area contributed by atoms with Gasteiger partial charge in [-0.25, -0.2) is 0 Å². The van der Waals surface area contributed by atoms with Crippen LogP contribution in [0.4, 0.5) is 0 Å². The Labute approximate surface area is 104 Å². The Morgan fingerprint density at radius 2 is 1.07 bits per heavy atom. The van der Waals surface area contributed by atoms with Gasteiger partial charge in [0, 0.05) is 0 Å². The predicted octanol–water partition coefficient (Wildman–Crippen LogP) is -0.439. The maximum atomic E-state index is 8.98. The molecular weight excluding hydrogens is 310 g/mol. The molecule has 0 heterocycles. The van der Waals surface area contributed by atoms with Crippen molar-refractivity contribution in [1.82, 2.24) is 0 Å². The number of aliphatic hydroxyl groups excluding tert-OH is 4. The zero-order chi connectivity index (χ0) is 11.8. The quantitative estimate of drug-likeness (QED) is 0.500. The first-order valence-electron chi connectivity index (χ1n) is 3.97. The van der Waals surface area contributed by atoms with Crippen LogP contribution in [0.5, 0.6) is 0 Å². The van der Waals surface area contributed by atoms with Crippen LogP contribution in [0.15, 0.2) is 19.0 Å². The molecule has 0 amide bonds. The molecule has 0 saturated carbocycles. The molecule has 0 aromatic carbocycles. The first-order valence-corrected chi connectivity index (χ1v) is 6.43. The Bertz CT molecular complexity index is 239. The summed E-state index contributed by atoms with van der Waals surface area (Å²) in [4.78, 5) is 0. The van der Waals surface area contributed by atoms with Crippen molar-refractivity contribution in [2.45, 2.75) is 0 Å². The summed E-state index contributed by atoms with van der Waals surface area (Å²) in [6.07, 6.45) is 0. The summed E-state index contributed by atoms with van der Waals surface area (Å²) in [5, 5.41) is 35.8. The van der Waals surface area contributed by atoms with Crippen LogP contribution in [-0.2, 0) is 0 Å². The second-order valence-electron chi connectivity index (χ2n) is 2.39. The van der Waals surface area contributed by atoms with Crippen LogP contribution in [0.1, 0.15) is 0 Å². The van der Waals surface area contributed by atoms with Gasteiger partial charge in [0.25, 0.3) is 0 Å². The maximum absolute atomic E-state index is 8.98. The number of rotatable bonds is 6. The molecule has 0 unspecified atom stereocenters. The van der Waals surface area contributed by atoms with Crippen molar-refractivity contribution in [3.8, 4) is 0 Å². The Morgan fingerprint density at radius 1 is 0.733 bits per heavy atom. The van der Waals surface area contributed by atoms with Crippen LogP contribution < -0.4 is 0 Å². The minimum atomic E-state index is -0.469. The van der Waals surface area contributed by atoms with E-state index in [9.17, 15) is 0 Å². The summed E-state index contributed by atoms with van der Waals surface area (Å²) in [5.74, 6) is 0. The van der Waals surface area contributed by atoms with Crippen molar-refractivity contribution in [1.29, 1.82) is 0 Å². The van der Waals surface area contributed by atoms with Gasteiger partial charge in [-0.15, -0.1) is 0 Å². The summed E-state index contributed by atoms with van der Waals surface area (Å²) >= 11 is 10.8. The van der Waals surface area contributed by atoms with Crippen molar-refractivity contribution in [2.75, 3.05) is 26.4 Å². The summed E-state index contributed by atoms with van der Waals surface area (Å²) in [6.45, 7) is -1.35. The second-order valence-corrected chi connectivity index (χ2v) is 5.80. The molecule has 0 aliphatic rings. The van der Waals surface area contributed by atoms with Gasteiger partial charge >= 0.3 is 104 Å². The van der Waals surface area contributed by atoms with E-state index in [0.29, 0.717) is 8.94 Å². The Kier molecular flexibility index (Phi) is 8.80. The fourth-order valence-electron chi connectivity index (χ4n) is 0.672. The van der Waals surface area contributed by atoms with Gasteiger partial charge in [0.1, 0.15) is 0 Å². The van der Waals surface area contributed by atoms with Gasteiger partial charge in [0.05, 0.1) is 0 Å². The minimum absolute atomic E-state index is 0.144. The van der Waals surface area contributed by atoms with E-state index in [1.54, 1.807) is 0 Å². The van der Waals surface area contributed by atoms with Crippen molar-refractivity contribution in [2.24, 2.45) is 0 Å². The van der Waals surface area contributed by atoms with Gasteiger partial charge in [0.15, 0.2) is 0 Å². The SMILES string of the molecule is OC/C(Cl)=C(/CO)[Se]/C(CO)=C(/Cl)CO. The van der Waals surface area contributed by atoms with Gasteiger partial charge in [-0.3, -0.25) is 0 Å². The van der Waals surface area contributed by atoms with Crippen LogP contribution in [0.2, 0.25) is 0 Å². The molecule has 0 spiro atoms. The van der Waals surface area contributed by atoms with Crippen molar-refractivity contribution in [3.63, 3.8) is 0 Å². The van der Waals surface area contributed by atoms with E-state index in [1.165, 1.54) is 0 Å². The van der Waals surface area contributed by atoms with E-state index >= 15 is 0 Å². The molecule has 15 heavy (non-hydrogen) atoms. The molecule has 0 atom stereocenters. The zero-order valence-electron chi connectivity index (χ0n) is 7.78. The van der Waals surface area contributed by atoms with E-state index in [0.717, 1.165) is 0 Å². The summed E-state index contributed by atoms with van der Waals surface area (Å²) < 4.78 is 0.865. The van der Waals surface area contributed by atoms with Crippen LogP contribution in [-0.4, -0.2) is 61.8 Å². The molecule has 0 aromatic rings. The molecule has 0 fully saturated rings. The molecule has 0 aliphatic carbocycles. The average Bonchev–Trinajstić information content (AvgIpc) is 2.28. The Hall–Kier alpha value is 0.419. The first kappa shape index (κ1) is 15.4. The third kappa shape index (κ3) is 5.33. The van der Waals surface area contributed by atoms with Gasteiger partial charge in [-0.2, -0.15) is 0 Å². The molecule has 0 aliphatic heterocycles. The number of aliphatic hydroxyl groups is 4. The van der Waals surface area contributed by atoms with Crippen molar-refractivity contribution in [3.05, 3.63) is 19.0 Å². The van der Waals surface area contributed by atoms with Gasteiger partial charge in [-0.05, 0) is 0 Å². The van der Waals surface area contributed by atoms with Gasteiger partial charge in [0.2, 0.25) is 0 Å². The van der Waals surface area contributed by atoms with Crippen LogP contribution in [0.3, 0.4) is 0 Å². The van der Waals surface area contributed by atoms with Gasteiger partial charge < -0.3 is 0 Å². The normalized spacial score (nSPS) is 14.8. The van der Waals surface area contributed by atoms with Crippen LogP contribution in [0.25, 0.3) is 0 Å². The molecule has 0 bridgehead atoms. The molecule has 4 nitrogen and oxygen atoms in total. The number of hydrogen-bond donors (Lipinski definition) is 4. The Balaban J connectivity index is 4.82. The monoisotopic (exact) mass is 322 g/mol. The molecule has 7 heteroatoms. The van der Waals surface area contributed by atoms with Crippen LogP contribution in [0, 0.1) is 0 Å². The fraction of sp³-hybridized carbons (Fsp3) is 0.500. The van der Waals surface area contributed by atoms with Gasteiger partial charge in [-0.1, -0.05) is 0 Å². The summed E-state index contributed by atoms with van der Waals surface area (Å²) in [5.41, 5.74) is 0. The van der Waals surface area contributed by atoms with E-state index in [4.69, 9.17) is 43.6 Å². The fourth-order valence-corrected chi connectivity index (χ4v) is 2.82. The average molecular weight is 322 g/mol. The number of halogens is 2. The molecule has 0 saturated heterocycles. The predicted molar refractivity (Wildman–Crippen MR) is 59.9 cm³/mol. The third-order valence-corrected chi connectivity index (χ3v) is 5.23. The van der Waals surface area contributed by atoms with E-state index in [1.807, 2.05) is 0 Å².